The molecule has 6 heteroatoms. The lowest BCUT2D eigenvalue weighted by Gasteiger charge is -2.25. The topological polar surface area (TPSA) is 49.8 Å². The Morgan fingerprint density at radius 1 is 1.23 bits per heavy atom. The number of para-hydroxylation sites is 2. The van der Waals surface area contributed by atoms with E-state index in [9.17, 15) is 9.90 Å². The summed E-state index contributed by atoms with van der Waals surface area (Å²) >= 11 is 12.3. The first-order valence-corrected chi connectivity index (χ1v) is 9.11. The highest BCUT2D eigenvalue weighted by Crippen LogP contribution is 2.31. The second-order valence-corrected chi connectivity index (χ2v) is 6.91. The molecule has 140 valence electrons. The van der Waals surface area contributed by atoms with E-state index in [4.69, 9.17) is 27.9 Å². The Bertz CT molecular complexity index is 780. The van der Waals surface area contributed by atoms with Crippen molar-refractivity contribution in [1.29, 1.82) is 0 Å². The van der Waals surface area contributed by atoms with Crippen LogP contribution in [0.3, 0.4) is 0 Å². The van der Waals surface area contributed by atoms with Gasteiger partial charge in [0.05, 0.1) is 22.8 Å². The number of aliphatic hydroxyl groups excluding tert-OH is 1. The summed E-state index contributed by atoms with van der Waals surface area (Å²) in [5.41, 5.74) is 2.49. The largest absolute Gasteiger partial charge is 0.495 e. The Kier molecular flexibility index (Phi) is 7.33. The van der Waals surface area contributed by atoms with Crippen molar-refractivity contribution < 1.29 is 14.6 Å². The van der Waals surface area contributed by atoms with E-state index in [1.54, 1.807) is 25.1 Å². The Labute approximate surface area is 164 Å². The second kappa shape index (κ2) is 9.26. The fourth-order valence-electron chi connectivity index (χ4n) is 2.95. The number of carbonyl (C=O) groups is 1. The van der Waals surface area contributed by atoms with Crippen molar-refractivity contribution >= 4 is 34.8 Å². The maximum Gasteiger partial charge on any atom is 0.230 e. The number of hydrogen-bond acceptors (Lipinski definition) is 3. The molecule has 1 atom stereocenters. The van der Waals surface area contributed by atoms with Gasteiger partial charge in [-0.2, -0.15) is 0 Å². The second-order valence-electron chi connectivity index (χ2n) is 6.13. The van der Waals surface area contributed by atoms with Gasteiger partial charge in [0.2, 0.25) is 5.91 Å². The molecule has 0 bridgehead atoms. The van der Waals surface area contributed by atoms with Crippen LogP contribution in [0.2, 0.25) is 10.0 Å². The SMILES string of the molecule is COc1ccccc1N(C)C(=O)C(CCO)Cc1ccc(Cl)c(Cl)c1C. The van der Waals surface area contributed by atoms with Crippen LogP contribution in [0.25, 0.3) is 0 Å². The number of aliphatic hydroxyl groups is 1. The minimum Gasteiger partial charge on any atom is -0.495 e. The van der Waals surface area contributed by atoms with E-state index in [1.807, 2.05) is 37.3 Å². The number of halogens is 2. The molecular weight excluding hydrogens is 373 g/mol. The lowest BCUT2D eigenvalue weighted by molar-refractivity contribution is -0.122. The number of carbonyl (C=O) groups excluding carboxylic acids is 1. The maximum atomic E-state index is 13.1. The van der Waals surface area contributed by atoms with Crippen molar-refractivity contribution in [3.05, 3.63) is 57.6 Å². The molecule has 0 radical (unpaired) electrons. The quantitative estimate of drug-likeness (QED) is 0.749. The number of rotatable bonds is 7. The molecule has 4 nitrogen and oxygen atoms in total. The summed E-state index contributed by atoms with van der Waals surface area (Å²) in [6, 6.07) is 11.0. The fourth-order valence-corrected chi connectivity index (χ4v) is 3.34. The maximum absolute atomic E-state index is 13.1. The minimum absolute atomic E-state index is 0.0729. The van der Waals surface area contributed by atoms with Crippen molar-refractivity contribution in [2.75, 3.05) is 25.7 Å². The van der Waals surface area contributed by atoms with Crippen LogP contribution in [-0.2, 0) is 11.2 Å². The van der Waals surface area contributed by atoms with Crippen LogP contribution in [0, 0.1) is 12.8 Å². The summed E-state index contributed by atoms with van der Waals surface area (Å²) in [7, 11) is 3.29. The standard InChI is InChI=1S/C20H23Cl2NO3/c1-13-14(8-9-16(21)19(13)22)12-15(10-11-24)20(25)23(2)17-6-4-5-7-18(17)26-3/h4-9,15,24H,10-12H2,1-3H3. The molecular formula is C20H23Cl2NO3. The summed E-state index contributed by atoms with van der Waals surface area (Å²) < 4.78 is 5.35. The first kappa shape index (κ1) is 20.6. The molecule has 0 aliphatic rings. The van der Waals surface area contributed by atoms with Gasteiger partial charge in [-0.1, -0.05) is 41.4 Å². The van der Waals surface area contributed by atoms with Gasteiger partial charge in [-0.3, -0.25) is 4.79 Å². The summed E-state index contributed by atoms with van der Waals surface area (Å²) in [6.45, 7) is 1.81. The summed E-state index contributed by atoms with van der Waals surface area (Å²) in [5, 5.41) is 10.4. The van der Waals surface area contributed by atoms with E-state index in [-0.39, 0.29) is 18.4 Å². The normalized spacial score (nSPS) is 11.9. The summed E-state index contributed by atoms with van der Waals surface area (Å²) in [5.74, 6) is 0.150. The molecule has 0 aliphatic heterocycles. The first-order chi connectivity index (χ1) is 12.4. The smallest absolute Gasteiger partial charge is 0.230 e. The third-order valence-electron chi connectivity index (χ3n) is 4.52. The monoisotopic (exact) mass is 395 g/mol. The van der Waals surface area contributed by atoms with Gasteiger partial charge in [0.25, 0.3) is 0 Å². The van der Waals surface area contributed by atoms with Gasteiger partial charge in [0.1, 0.15) is 5.75 Å². The zero-order chi connectivity index (χ0) is 19.3. The van der Waals surface area contributed by atoms with Crippen LogP contribution in [-0.4, -0.2) is 31.8 Å². The van der Waals surface area contributed by atoms with Crippen LogP contribution in [0.4, 0.5) is 5.69 Å². The van der Waals surface area contributed by atoms with Crippen LogP contribution in [0.1, 0.15) is 17.5 Å². The van der Waals surface area contributed by atoms with E-state index in [0.29, 0.717) is 34.3 Å². The zero-order valence-corrected chi connectivity index (χ0v) is 16.6. The van der Waals surface area contributed by atoms with Crippen LogP contribution in [0.15, 0.2) is 36.4 Å². The van der Waals surface area contributed by atoms with E-state index >= 15 is 0 Å². The molecule has 2 rings (SSSR count). The Hall–Kier alpha value is -1.75. The Balaban J connectivity index is 2.29. The number of hydrogen-bond donors (Lipinski definition) is 1. The van der Waals surface area contributed by atoms with E-state index in [0.717, 1.165) is 11.1 Å². The molecule has 0 heterocycles. The van der Waals surface area contributed by atoms with E-state index < -0.39 is 0 Å². The van der Waals surface area contributed by atoms with Crippen molar-refractivity contribution in [2.45, 2.75) is 19.8 Å². The molecule has 2 aromatic rings. The third-order valence-corrected chi connectivity index (χ3v) is 5.42. The molecule has 1 amide bonds. The number of ether oxygens (including phenoxy) is 1. The zero-order valence-electron chi connectivity index (χ0n) is 15.1. The Morgan fingerprint density at radius 3 is 2.58 bits per heavy atom. The average molecular weight is 396 g/mol. The molecule has 1 unspecified atom stereocenters. The van der Waals surface area contributed by atoms with Gasteiger partial charge in [-0.15, -0.1) is 0 Å². The highest BCUT2D eigenvalue weighted by Gasteiger charge is 2.25. The predicted molar refractivity (Wildman–Crippen MR) is 106 cm³/mol. The van der Waals surface area contributed by atoms with Gasteiger partial charge in [0, 0.05) is 19.6 Å². The minimum atomic E-state index is -0.383. The Morgan fingerprint density at radius 2 is 1.92 bits per heavy atom. The molecule has 0 saturated heterocycles. The van der Waals surface area contributed by atoms with E-state index in [1.165, 1.54) is 0 Å². The molecule has 0 aliphatic carbocycles. The van der Waals surface area contributed by atoms with Crippen molar-refractivity contribution in [3.8, 4) is 5.75 Å². The van der Waals surface area contributed by atoms with Gasteiger partial charge in [-0.05, 0) is 49.1 Å². The number of amides is 1. The molecule has 0 spiro atoms. The molecule has 1 N–H and O–H groups in total. The highest BCUT2D eigenvalue weighted by atomic mass is 35.5. The molecule has 0 saturated carbocycles. The summed E-state index contributed by atoms with van der Waals surface area (Å²) in [6.07, 6.45) is 0.833. The van der Waals surface area contributed by atoms with Crippen molar-refractivity contribution in [3.63, 3.8) is 0 Å². The molecule has 0 fully saturated rings. The lowest BCUT2D eigenvalue weighted by Crippen LogP contribution is -2.35. The van der Waals surface area contributed by atoms with Crippen LogP contribution in [0.5, 0.6) is 5.75 Å². The van der Waals surface area contributed by atoms with Gasteiger partial charge in [-0.25, -0.2) is 0 Å². The van der Waals surface area contributed by atoms with Gasteiger partial charge < -0.3 is 14.7 Å². The highest BCUT2D eigenvalue weighted by molar-refractivity contribution is 6.42. The number of nitrogens with zero attached hydrogens (tertiary/aromatic N) is 1. The number of methoxy groups -OCH3 is 1. The summed E-state index contributed by atoms with van der Waals surface area (Å²) in [4.78, 5) is 14.6. The molecule has 0 aromatic heterocycles. The van der Waals surface area contributed by atoms with Crippen LogP contribution >= 0.6 is 23.2 Å². The first-order valence-electron chi connectivity index (χ1n) is 8.35. The van der Waals surface area contributed by atoms with Crippen molar-refractivity contribution in [2.24, 2.45) is 5.92 Å². The fraction of sp³-hybridized carbons (Fsp3) is 0.350. The molecule has 26 heavy (non-hydrogen) atoms. The van der Waals surface area contributed by atoms with Gasteiger partial charge >= 0.3 is 0 Å². The van der Waals surface area contributed by atoms with Crippen molar-refractivity contribution in [1.82, 2.24) is 0 Å². The average Bonchev–Trinajstić information content (AvgIpc) is 2.66. The molecule has 2 aromatic carbocycles. The third kappa shape index (κ3) is 4.50. The van der Waals surface area contributed by atoms with E-state index in [2.05, 4.69) is 0 Å². The number of benzene rings is 2. The number of anilines is 1. The predicted octanol–water partition coefficient (Wildman–Crippen LogP) is 4.51. The van der Waals surface area contributed by atoms with Crippen LogP contribution < -0.4 is 9.64 Å². The lowest BCUT2D eigenvalue weighted by atomic mass is 9.92. The van der Waals surface area contributed by atoms with Gasteiger partial charge in [0.15, 0.2) is 0 Å².